The monoisotopic (exact) mass is 193 g/mol. The van der Waals surface area contributed by atoms with Gasteiger partial charge in [-0.2, -0.15) is 5.10 Å². The summed E-state index contributed by atoms with van der Waals surface area (Å²) >= 11 is 0. The summed E-state index contributed by atoms with van der Waals surface area (Å²) in [7, 11) is 0. The number of fused-ring (bicyclic) bond motifs is 1. The van der Waals surface area contributed by atoms with Crippen molar-refractivity contribution in [2.24, 2.45) is 0 Å². The minimum atomic E-state index is 0.988. The summed E-state index contributed by atoms with van der Waals surface area (Å²) in [6.45, 7) is 0. The van der Waals surface area contributed by atoms with Gasteiger partial charge in [0.25, 0.3) is 0 Å². The molecule has 0 aliphatic heterocycles. The standard InChI is InChI=1S/C13H9N2/c1-2-6-10(7-3-1)13-11-8-4-5-9-12(11)14-15-13/h1-3,5-9H,(H,14,15). The Hall–Kier alpha value is -2.09. The molecule has 1 heterocycles. The molecule has 3 aromatic rings. The van der Waals surface area contributed by atoms with E-state index >= 15 is 0 Å². The van der Waals surface area contributed by atoms with Crippen LogP contribution in [0.4, 0.5) is 0 Å². The molecule has 0 saturated carbocycles. The number of hydrogen-bond donors (Lipinski definition) is 1. The van der Waals surface area contributed by atoms with Crippen LogP contribution in [0.15, 0.2) is 48.5 Å². The molecule has 0 aliphatic carbocycles. The van der Waals surface area contributed by atoms with Crippen LogP contribution < -0.4 is 0 Å². The predicted octanol–water partition coefficient (Wildman–Crippen LogP) is 3.03. The van der Waals surface area contributed by atoms with E-state index in [0.717, 1.165) is 22.2 Å². The van der Waals surface area contributed by atoms with Gasteiger partial charge in [-0.25, -0.2) is 0 Å². The van der Waals surface area contributed by atoms with E-state index in [-0.39, 0.29) is 0 Å². The van der Waals surface area contributed by atoms with Gasteiger partial charge in [0.2, 0.25) is 0 Å². The average Bonchev–Trinajstić information content (AvgIpc) is 2.74. The summed E-state index contributed by atoms with van der Waals surface area (Å²) in [5, 5.41) is 8.45. The fourth-order valence-electron chi connectivity index (χ4n) is 1.72. The van der Waals surface area contributed by atoms with Crippen molar-refractivity contribution >= 4 is 10.9 Å². The number of aromatic amines is 1. The maximum absolute atomic E-state index is 4.32. The lowest BCUT2D eigenvalue weighted by Crippen LogP contribution is -1.76. The molecule has 2 nitrogen and oxygen atoms in total. The van der Waals surface area contributed by atoms with E-state index in [1.165, 1.54) is 0 Å². The zero-order chi connectivity index (χ0) is 10.1. The van der Waals surface area contributed by atoms with Crippen LogP contribution in [0.3, 0.4) is 0 Å². The van der Waals surface area contributed by atoms with Gasteiger partial charge in [0.05, 0.1) is 11.2 Å². The SMILES string of the molecule is [c]1ccc2[nH]nc(-c3ccccc3)c2c1. The molecule has 0 saturated heterocycles. The highest BCUT2D eigenvalue weighted by molar-refractivity contribution is 5.92. The largest absolute Gasteiger partial charge is 0.277 e. The molecule has 2 aromatic carbocycles. The first-order chi connectivity index (χ1) is 7.45. The van der Waals surface area contributed by atoms with Crippen LogP contribution in [0.25, 0.3) is 22.2 Å². The maximum Gasteiger partial charge on any atom is 0.0999 e. The van der Waals surface area contributed by atoms with E-state index < -0.39 is 0 Å². The molecule has 0 bridgehead atoms. The average molecular weight is 193 g/mol. The summed E-state index contributed by atoms with van der Waals surface area (Å²) in [6.07, 6.45) is 0. The van der Waals surface area contributed by atoms with Crippen LogP contribution in [-0.4, -0.2) is 10.2 Å². The molecule has 0 aliphatic rings. The van der Waals surface area contributed by atoms with Gasteiger partial charge in [-0.3, -0.25) is 5.10 Å². The molecular formula is C13H9N2. The van der Waals surface area contributed by atoms with Crippen LogP contribution in [0.5, 0.6) is 0 Å². The zero-order valence-electron chi connectivity index (χ0n) is 8.07. The van der Waals surface area contributed by atoms with Crippen molar-refractivity contribution in [3.8, 4) is 11.3 Å². The molecule has 71 valence electrons. The first kappa shape index (κ1) is 8.24. The van der Waals surface area contributed by atoms with Crippen molar-refractivity contribution in [1.82, 2.24) is 10.2 Å². The van der Waals surface area contributed by atoms with Crippen molar-refractivity contribution in [3.63, 3.8) is 0 Å². The minimum absolute atomic E-state index is 0.988. The van der Waals surface area contributed by atoms with E-state index in [1.54, 1.807) is 0 Å². The van der Waals surface area contributed by atoms with Crippen molar-refractivity contribution in [2.75, 3.05) is 0 Å². The third kappa shape index (κ3) is 1.31. The van der Waals surface area contributed by atoms with Gasteiger partial charge >= 0.3 is 0 Å². The van der Waals surface area contributed by atoms with Crippen LogP contribution >= 0.6 is 0 Å². The first-order valence-corrected chi connectivity index (χ1v) is 4.85. The summed E-state index contributed by atoms with van der Waals surface area (Å²) in [4.78, 5) is 0. The Kier molecular flexibility index (Phi) is 1.78. The third-order valence-electron chi connectivity index (χ3n) is 2.45. The molecular weight excluding hydrogens is 184 g/mol. The van der Waals surface area contributed by atoms with Gasteiger partial charge in [0, 0.05) is 10.9 Å². The van der Waals surface area contributed by atoms with Crippen LogP contribution in [0.1, 0.15) is 0 Å². The Labute approximate surface area is 87.6 Å². The van der Waals surface area contributed by atoms with Crippen LogP contribution in [0, 0.1) is 6.07 Å². The zero-order valence-corrected chi connectivity index (χ0v) is 8.07. The maximum atomic E-state index is 4.32. The number of nitrogens with zero attached hydrogens (tertiary/aromatic N) is 1. The molecule has 15 heavy (non-hydrogen) atoms. The Bertz CT molecular complexity index is 582. The fourth-order valence-corrected chi connectivity index (χ4v) is 1.72. The van der Waals surface area contributed by atoms with E-state index in [9.17, 15) is 0 Å². The molecule has 3 rings (SSSR count). The fraction of sp³-hybridized carbons (Fsp3) is 0. The summed E-state index contributed by atoms with van der Waals surface area (Å²) in [5.74, 6) is 0. The highest BCUT2D eigenvalue weighted by atomic mass is 15.1. The second kappa shape index (κ2) is 3.24. The molecule has 0 amide bonds. The van der Waals surface area contributed by atoms with Crippen molar-refractivity contribution < 1.29 is 0 Å². The van der Waals surface area contributed by atoms with Crippen molar-refractivity contribution in [2.45, 2.75) is 0 Å². The number of benzene rings is 2. The molecule has 0 spiro atoms. The summed E-state index contributed by atoms with van der Waals surface area (Å²) < 4.78 is 0. The smallest absolute Gasteiger partial charge is 0.0999 e. The first-order valence-electron chi connectivity index (χ1n) is 4.85. The van der Waals surface area contributed by atoms with Crippen LogP contribution in [-0.2, 0) is 0 Å². The Morgan fingerprint density at radius 1 is 1.07 bits per heavy atom. The second-order valence-corrected chi connectivity index (χ2v) is 3.41. The molecule has 0 fully saturated rings. The topological polar surface area (TPSA) is 28.7 Å². The lowest BCUT2D eigenvalue weighted by atomic mass is 10.1. The number of hydrogen-bond acceptors (Lipinski definition) is 1. The van der Waals surface area contributed by atoms with Gasteiger partial charge in [-0.15, -0.1) is 0 Å². The minimum Gasteiger partial charge on any atom is -0.277 e. The normalized spacial score (nSPS) is 10.7. The van der Waals surface area contributed by atoms with Gasteiger partial charge < -0.3 is 0 Å². The van der Waals surface area contributed by atoms with E-state index in [2.05, 4.69) is 28.4 Å². The quantitative estimate of drug-likeness (QED) is 0.632. The Morgan fingerprint density at radius 2 is 1.93 bits per heavy atom. The molecule has 1 aromatic heterocycles. The predicted molar refractivity (Wildman–Crippen MR) is 60.4 cm³/mol. The second-order valence-electron chi connectivity index (χ2n) is 3.41. The van der Waals surface area contributed by atoms with E-state index in [1.807, 2.05) is 36.4 Å². The molecule has 0 atom stereocenters. The number of H-pyrrole nitrogens is 1. The Morgan fingerprint density at radius 3 is 2.80 bits per heavy atom. The van der Waals surface area contributed by atoms with Crippen LogP contribution in [0.2, 0.25) is 0 Å². The summed E-state index contributed by atoms with van der Waals surface area (Å²) in [6, 6.07) is 19.0. The Balaban J connectivity index is 2.28. The molecule has 1 N–H and O–H groups in total. The highest BCUT2D eigenvalue weighted by Gasteiger charge is 2.05. The number of nitrogens with one attached hydrogen (secondary N) is 1. The molecule has 2 heteroatoms. The van der Waals surface area contributed by atoms with E-state index in [0.29, 0.717) is 0 Å². The summed E-state index contributed by atoms with van der Waals surface area (Å²) in [5.41, 5.74) is 3.17. The van der Waals surface area contributed by atoms with E-state index in [4.69, 9.17) is 0 Å². The van der Waals surface area contributed by atoms with Gasteiger partial charge in [-0.05, 0) is 18.2 Å². The molecule has 1 radical (unpaired) electrons. The highest BCUT2D eigenvalue weighted by Crippen LogP contribution is 2.25. The van der Waals surface area contributed by atoms with Gasteiger partial charge in [0.1, 0.15) is 0 Å². The number of rotatable bonds is 1. The van der Waals surface area contributed by atoms with Crippen molar-refractivity contribution in [1.29, 1.82) is 0 Å². The third-order valence-corrected chi connectivity index (χ3v) is 2.45. The van der Waals surface area contributed by atoms with Gasteiger partial charge in [0.15, 0.2) is 0 Å². The lowest BCUT2D eigenvalue weighted by molar-refractivity contribution is 1.12. The van der Waals surface area contributed by atoms with Crippen molar-refractivity contribution in [3.05, 3.63) is 54.6 Å². The van der Waals surface area contributed by atoms with Gasteiger partial charge in [-0.1, -0.05) is 36.4 Å². The lowest BCUT2D eigenvalue weighted by Gasteiger charge is -1.95. The number of aromatic nitrogens is 2. The molecule has 0 unspecified atom stereocenters.